The molecule has 0 unspecified atom stereocenters. The van der Waals surface area contributed by atoms with Crippen molar-refractivity contribution in [2.24, 2.45) is 0 Å². The summed E-state index contributed by atoms with van der Waals surface area (Å²) in [5, 5.41) is 6.18. The van der Waals surface area contributed by atoms with Crippen LogP contribution in [-0.4, -0.2) is 24.2 Å². The largest absolute Gasteiger partial charge is 0.182 e. The second-order valence-electron chi connectivity index (χ2n) is 14.1. The van der Waals surface area contributed by atoms with E-state index in [2.05, 4.69) is 208 Å². The van der Waals surface area contributed by atoms with Crippen molar-refractivity contribution in [3.63, 3.8) is 0 Å². The predicted molar refractivity (Wildman–Crippen MR) is 219 cm³/mol. The molecule has 4 aromatic carbocycles. The van der Waals surface area contributed by atoms with Gasteiger partial charge in [-0.25, -0.2) is 0 Å². The minimum absolute atomic E-state index is 1.29. The molecule has 0 bridgehead atoms. The van der Waals surface area contributed by atoms with Gasteiger partial charge in [0.05, 0.1) is 0 Å². The highest BCUT2D eigenvalue weighted by atomic mass is 32.1. The summed E-state index contributed by atoms with van der Waals surface area (Å²) in [6, 6.07) is 46.1. The first-order chi connectivity index (χ1) is 22.6. The van der Waals surface area contributed by atoms with Gasteiger partial charge in [0.15, 0.2) is 8.07 Å². The molecule has 47 heavy (non-hydrogen) atoms. The predicted octanol–water partition coefficient (Wildman–Crippen LogP) is 8.12. The Morgan fingerprint density at radius 2 is 0.851 bits per heavy atom. The smallest absolute Gasteiger partial charge is 0.144 e. The standard InChI is InChI=1S/C42H42S2Si3/c1-31-17-21-33(22-18-31)25-27-45(3,4)39-29-37-41(43-39)42-38(47(37,35-13-9-7-10-14-35)36-15-11-8-12-16-36)30-40(44-42)46(5,6)28-26-34-23-19-32(2)20-24-34/h7-30H,1-6H3/b27-25+,28-26+. The summed E-state index contributed by atoms with van der Waals surface area (Å²) < 4.78 is 3.15. The van der Waals surface area contributed by atoms with Crippen LogP contribution in [0.15, 0.2) is 133 Å². The molecule has 0 radical (unpaired) electrons. The highest BCUT2D eigenvalue weighted by Crippen LogP contribution is 2.36. The van der Waals surface area contributed by atoms with E-state index in [4.69, 9.17) is 0 Å². The van der Waals surface area contributed by atoms with Crippen LogP contribution in [0.2, 0.25) is 26.2 Å². The summed E-state index contributed by atoms with van der Waals surface area (Å²) in [4.78, 5) is 3.06. The van der Waals surface area contributed by atoms with E-state index in [1.54, 1.807) is 19.4 Å². The normalized spacial score (nSPS) is 14.2. The van der Waals surface area contributed by atoms with Crippen LogP contribution in [0, 0.1) is 13.8 Å². The third kappa shape index (κ3) is 5.89. The van der Waals surface area contributed by atoms with Gasteiger partial charge >= 0.3 is 0 Å². The number of hydrogen-bond acceptors (Lipinski definition) is 2. The monoisotopic (exact) mass is 694 g/mol. The lowest BCUT2D eigenvalue weighted by molar-refractivity contribution is 1.46. The average Bonchev–Trinajstić information content (AvgIpc) is 3.78. The lowest BCUT2D eigenvalue weighted by Crippen LogP contribution is -2.73. The Labute approximate surface area is 291 Å². The van der Waals surface area contributed by atoms with Crippen LogP contribution in [0.1, 0.15) is 22.3 Å². The van der Waals surface area contributed by atoms with E-state index in [1.165, 1.54) is 42.4 Å². The van der Waals surface area contributed by atoms with Gasteiger partial charge in [-0.15, -0.1) is 22.7 Å². The zero-order valence-corrected chi connectivity index (χ0v) is 32.8. The Kier molecular flexibility index (Phi) is 8.48. The molecule has 1 aliphatic heterocycles. The van der Waals surface area contributed by atoms with Gasteiger partial charge < -0.3 is 0 Å². The molecule has 0 nitrogen and oxygen atoms in total. The van der Waals surface area contributed by atoms with Crippen LogP contribution in [0.5, 0.6) is 0 Å². The van der Waals surface area contributed by atoms with Crippen LogP contribution < -0.4 is 29.7 Å². The Hall–Kier alpha value is -3.59. The minimum atomic E-state index is -2.51. The maximum Gasteiger partial charge on any atom is 0.182 e. The van der Waals surface area contributed by atoms with E-state index in [0.29, 0.717) is 0 Å². The van der Waals surface area contributed by atoms with Crippen molar-refractivity contribution >= 4 is 88.8 Å². The van der Waals surface area contributed by atoms with Gasteiger partial charge in [-0.05, 0) is 54.7 Å². The Balaban J connectivity index is 1.40. The SMILES string of the molecule is Cc1ccc(/C=C/[Si](C)(C)c2cc3c(s2)-c2sc([Si](C)(C)/C=C/c4ccc(C)cc4)cc2[Si]3(c2ccccc2)c2ccccc2)cc1. The number of hydrogen-bond donors (Lipinski definition) is 0. The van der Waals surface area contributed by atoms with Gasteiger partial charge in [-0.2, -0.15) is 0 Å². The molecule has 0 atom stereocenters. The third-order valence-corrected chi connectivity index (χ3v) is 25.5. The van der Waals surface area contributed by atoms with Crippen molar-refractivity contribution < 1.29 is 0 Å². The molecule has 5 heteroatoms. The second kappa shape index (κ2) is 12.5. The number of aryl methyl sites for hydroxylation is 2. The van der Waals surface area contributed by atoms with Crippen molar-refractivity contribution in [3.8, 4) is 9.75 Å². The fourth-order valence-corrected chi connectivity index (χ4v) is 21.1. The number of thiophene rings is 2. The Morgan fingerprint density at radius 1 is 0.489 bits per heavy atom. The molecular weight excluding hydrogens is 653 g/mol. The summed E-state index contributed by atoms with van der Waals surface area (Å²) in [5.41, 5.74) is 10.3. The molecule has 3 heterocycles. The molecule has 0 amide bonds. The average molecular weight is 695 g/mol. The van der Waals surface area contributed by atoms with Crippen molar-refractivity contribution in [1.29, 1.82) is 0 Å². The van der Waals surface area contributed by atoms with E-state index >= 15 is 0 Å². The quantitative estimate of drug-likeness (QED) is 0.141. The van der Waals surface area contributed by atoms with Crippen molar-refractivity contribution in [2.45, 2.75) is 40.0 Å². The van der Waals surface area contributed by atoms with Crippen LogP contribution >= 0.6 is 22.7 Å². The van der Waals surface area contributed by atoms with Gasteiger partial charge in [-0.1, -0.05) is 182 Å². The molecule has 0 spiro atoms. The molecule has 0 N–H and O–H groups in total. The topological polar surface area (TPSA) is 0 Å². The number of benzene rings is 4. The van der Waals surface area contributed by atoms with E-state index in [1.807, 2.05) is 0 Å². The lowest BCUT2D eigenvalue weighted by Gasteiger charge is -2.30. The van der Waals surface area contributed by atoms with Crippen molar-refractivity contribution in [3.05, 3.63) is 155 Å². The van der Waals surface area contributed by atoms with Gasteiger partial charge in [0.1, 0.15) is 16.1 Å². The fraction of sp³-hybridized carbons (Fsp3) is 0.143. The number of rotatable bonds is 8. The first-order valence-corrected chi connectivity index (χ1v) is 26.3. The Morgan fingerprint density at radius 3 is 1.21 bits per heavy atom. The summed E-state index contributed by atoms with van der Waals surface area (Å²) in [7, 11) is -6.26. The zero-order chi connectivity index (χ0) is 32.8. The zero-order valence-electron chi connectivity index (χ0n) is 28.2. The summed E-state index contributed by atoms with van der Waals surface area (Å²) in [6.45, 7) is 14.4. The molecule has 1 aliphatic rings. The van der Waals surface area contributed by atoms with Gasteiger partial charge in [0, 0.05) is 9.75 Å². The van der Waals surface area contributed by atoms with Crippen LogP contribution in [0.25, 0.3) is 21.9 Å². The molecule has 0 saturated heterocycles. The van der Waals surface area contributed by atoms with Crippen molar-refractivity contribution in [1.82, 2.24) is 0 Å². The third-order valence-electron chi connectivity index (χ3n) is 9.70. The van der Waals surface area contributed by atoms with E-state index in [9.17, 15) is 0 Å². The molecule has 7 rings (SSSR count). The minimum Gasteiger partial charge on any atom is -0.144 e. The van der Waals surface area contributed by atoms with Gasteiger partial charge in [0.2, 0.25) is 0 Å². The maximum atomic E-state index is 2.66. The van der Waals surface area contributed by atoms with Crippen molar-refractivity contribution in [2.75, 3.05) is 0 Å². The van der Waals surface area contributed by atoms with E-state index in [-0.39, 0.29) is 0 Å². The number of fused-ring (bicyclic) bond motifs is 3. The fourth-order valence-electron chi connectivity index (χ4n) is 6.75. The molecule has 234 valence electrons. The van der Waals surface area contributed by atoms with Gasteiger partial charge in [0.25, 0.3) is 0 Å². The summed E-state index contributed by atoms with van der Waals surface area (Å²) >= 11 is 4.18. The molecule has 0 saturated carbocycles. The molecule has 0 fully saturated rings. The van der Waals surface area contributed by atoms with Crippen LogP contribution in [0.3, 0.4) is 0 Å². The molecule has 0 aliphatic carbocycles. The molecule has 2 aromatic heterocycles. The van der Waals surface area contributed by atoms with E-state index in [0.717, 1.165) is 0 Å². The second-order valence-corrected chi connectivity index (χ2v) is 29.3. The molecular formula is C42H42S2Si3. The van der Waals surface area contributed by atoms with E-state index < -0.39 is 24.2 Å². The van der Waals surface area contributed by atoms with Crippen LogP contribution in [-0.2, 0) is 0 Å². The Bertz CT molecular complexity index is 1930. The summed E-state index contributed by atoms with van der Waals surface area (Å²) in [5.74, 6) is 0. The first kappa shape index (κ1) is 32.0. The maximum absolute atomic E-state index is 2.66. The highest BCUT2D eigenvalue weighted by Gasteiger charge is 2.52. The highest BCUT2D eigenvalue weighted by molar-refractivity contribution is 7.41. The lowest BCUT2D eigenvalue weighted by atomic mass is 10.2. The molecule has 6 aromatic rings. The first-order valence-electron chi connectivity index (χ1n) is 16.5. The van der Waals surface area contributed by atoms with Crippen LogP contribution in [0.4, 0.5) is 0 Å². The van der Waals surface area contributed by atoms with Gasteiger partial charge in [-0.3, -0.25) is 0 Å². The summed E-state index contributed by atoms with van der Waals surface area (Å²) in [6.07, 6.45) is 4.72.